The molecule has 0 aromatic heterocycles. The van der Waals surface area contributed by atoms with Crippen molar-refractivity contribution < 1.29 is 23.5 Å². The highest BCUT2D eigenvalue weighted by Crippen LogP contribution is 2.25. The molecule has 3 rings (SSSR count). The largest absolute Gasteiger partial charge is 0.497 e. The number of methoxy groups -OCH3 is 2. The lowest BCUT2D eigenvalue weighted by Gasteiger charge is -2.23. The summed E-state index contributed by atoms with van der Waals surface area (Å²) in [6, 6.07) is 9.15. The van der Waals surface area contributed by atoms with Crippen LogP contribution in [0.1, 0.15) is 27.1 Å². The highest BCUT2D eigenvalue weighted by molar-refractivity contribution is 6.33. The summed E-state index contributed by atoms with van der Waals surface area (Å²) in [5.74, 6) is -0.254. The second-order valence-electron chi connectivity index (χ2n) is 6.64. The maximum absolute atomic E-state index is 14.1. The van der Waals surface area contributed by atoms with Crippen molar-refractivity contribution in [1.82, 2.24) is 9.80 Å². The van der Waals surface area contributed by atoms with Gasteiger partial charge in [0, 0.05) is 37.8 Å². The van der Waals surface area contributed by atoms with Crippen molar-refractivity contribution in [3.05, 3.63) is 58.4 Å². The van der Waals surface area contributed by atoms with E-state index in [-0.39, 0.29) is 23.0 Å². The molecule has 0 atom stereocenters. The van der Waals surface area contributed by atoms with E-state index in [0.717, 1.165) is 0 Å². The van der Waals surface area contributed by atoms with Crippen LogP contribution in [-0.4, -0.2) is 62.0 Å². The first kappa shape index (κ1) is 20.9. The summed E-state index contributed by atoms with van der Waals surface area (Å²) in [4.78, 5) is 28.9. The standard InChI is InChI=1S/C21H22ClFN2O4/c1-28-15-11-14(12-16(13-15)29-2)20(26)24-7-4-8-25(10-9-24)21(27)19-17(22)5-3-6-18(19)23/h3,5-6,11-13H,4,7-10H2,1-2H3. The Balaban J connectivity index is 1.74. The highest BCUT2D eigenvalue weighted by atomic mass is 35.5. The zero-order valence-electron chi connectivity index (χ0n) is 16.3. The number of rotatable bonds is 4. The molecule has 1 saturated heterocycles. The average Bonchev–Trinajstić information content (AvgIpc) is 2.98. The zero-order valence-corrected chi connectivity index (χ0v) is 17.0. The lowest BCUT2D eigenvalue weighted by Crippen LogP contribution is -2.37. The minimum atomic E-state index is -0.650. The monoisotopic (exact) mass is 420 g/mol. The SMILES string of the molecule is COc1cc(OC)cc(C(=O)N2CCCN(C(=O)c3c(F)cccc3Cl)CC2)c1. The summed E-state index contributed by atoms with van der Waals surface area (Å²) < 4.78 is 24.6. The molecule has 1 fully saturated rings. The van der Waals surface area contributed by atoms with Crippen LogP contribution in [0, 0.1) is 5.82 Å². The van der Waals surface area contributed by atoms with Gasteiger partial charge in [0.1, 0.15) is 17.3 Å². The summed E-state index contributed by atoms with van der Waals surface area (Å²) in [6.07, 6.45) is 0.574. The molecule has 8 heteroatoms. The summed E-state index contributed by atoms with van der Waals surface area (Å²) >= 11 is 6.02. The topological polar surface area (TPSA) is 59.1 Å². The number of hydrogen-bond donors (Lipinski definition) is 0. The van der Waals surface area contributed by atoms with Crippen molar-refractivity contribution in [3.63, 3.8) is 0 Å². The summed E-state index contributed by atoms with van der Waals surface area (Å²) in [5.41, 5.74) is 0.310. The van der Waals surface area contributed by atoms with Crippen LogP contribution in [0.5, 0.6) is 11.5 Å². The molecule has 2 aromatic carbocycles. The molecule has 2 amide bonds. The van der Waals surface area contributed by atoms with Gasteiger partial charge in [0.05, 0.1) is 24.8 Å². The van der Waals surface area contributed by atoms with Crippen LogP contribution < -0.4 is 9.47 Å². The van der Waals surface area contributed by atoms with Gasteiger partial charge < -0.3 is 19.3 Å². The third-order valence-corrected chi connectivity index (χ3v) is 5.16. The van der Waals surface area contributed by atoms with Crippen LogP contribution in [0.3, 0.4) is 0 Å². The predicted molar refractivity (Wildman–Crippen MR) is 107 cm³/mol. The molecule has 0 N–H and O–H groups in total. The third-order valence-electron chi connectivity index (χ3n) is 4.85. The molecular formula is C21H22ClFN2O4. The zero-order chi connectivity index (χ0) is 21.0. The van der Waals surface area contributed by atoms with E-state index in [4.69, 9.17) is 21.1 Å². The fraction of sp³-hybridized carbons (Fsp3) is 0.333. The Labute approximate surface area is 173 Å². The van der Waals surface area contributed by atoms with Crippen molar-refractivity contribution in [2.24, 2.45) is 0 Å². The Morgan fingerprint density at radius 2 is 1.52 bits per heavy atom. The van der Waals surface area contributed by atoms with E-state index in [0.29, 0.717) is 43.1 Å². The summed E-state index contributed by atoms with van der Waals surface area (Å²) in [5, 5.41) is 0.0793. The Kier molecular flexibility index (Phi) is 6.59. The third kappa shape index (κ3) is 4.62. The van der Waals surface area contributed by atoms with Crippen LogP contribution in [-0.2, 0) is 0 Å². The molecule has 29 heavy (non-hydrogen) atoms. The quantitative estimate of drug-likeness (QED) is 0.759. The van der Waals surface area contributed by atoms with Gasteiger partial charge in [-0.1, -0.05) is 17.7 Å². The van der Waals surface area contributed by atoms with E-state index in [1.807, 2.05) is 0 Å². The number of ether oxygens (including phenoxy) is 2. The maximum Gasteiger partial charge on any atom is 0.258 e. The van der Waals surface area contributed by atoms with Crippen LogP contribution >= 0.6 is 11.6 Å². The molecule has 2 aromatic rings. The molecule has 0 saturated carbocycles. The number of benzene rings is 2. The minimum absolute atomic E-state index is 0.0793. The molecule has 154 valence electrons. The molecule has 1 heterocycles. The Morgan fingerprint density at radius 3 is 2.07 bits per heavy atom. The molecule has 1 aliphatic heterocycles. The van der Waals surface area contributed by atoms with Gasteiger partial charge in [0.25, 0.3) is 11.8 Å². The summed E-state index contributed by atoms with van der Waals surface area (Å²) in [7, 11) is 3.04. The molecule has 0 aliphatic carbocycles. The van der Waals surface area contributed by atoms with E-state index in [2.05, 4.69) is 0 Å². The van der Waals surface area contributed by atoms with Crippen LogP contribution in [0.15, 0.2) is 36.4 Å². The lowest BCUT2D eigenvalue weighted by atomic mass is 10.1. The first-order valence-corrected chi connectivity index (χ1v) is 9.58. The molecule has 0 unspecified atom stereocenters. The minimum Gasteiger partial charge on any atom is -0.497 e. The van der Waals surface area contributed by atoms with Crippen molar-refractivity contribution in [3.8, 4) is 11.5 Å². The molecule has 6 nitrogen and oxygen atoms in total. The van der Waals surface area contributed by atoms with Gasteiger partial charge in [0.2, 0.25) is 0 Å². The van der Waals surface area contributed by atoms with Crippen molar-refractivity contribution >= 4 is 23.4 Å². The molecular weight excluding hydrogens is 399 g/mol. The number of hydrogen-bond acceptors (Lipinski definition) is 4. The van der Waals surface area contributed by atoms with Crippen LogP contribution in [0.2, 0.25) is 5.02 Å². The molecule has 0 radical (unpaired) electrons. The number of carbonyl (C=O) groups excluding carboxylic acids is 2. The second kappa shape index (κ2) is 9.13. The molecule has 1 aliphatic rings. The van der Waals surface area contributed by atoms with Gasteiger partial charge in [-0.05, 0) is 30.7 Å². The van der Waals surface area contributed by atoms with Gasteiger partial charge >= 0.3 is 0 Å². The smallest absolute Gasteiger partial charge is 0.258 e. The van der Waals surface area contributed by atoms with Gasteiger partial charge in [-0.25, -0.2) is 4.39 Å². The number of nitrogens with zero attached hydrogens (tertiary/aromatic N) is 2. The maximum atomic E-state index is 14.1. The molecule has 0 spiro atoms. The lowest BCUT2D eigenvalue weighted by molar-refractivity contribution is 0.0716. The van der Waals surface area contributed by atoms with E-state index in [9.17, 15) is 14.0 Å². The van der Waals surface area contributed by atoms with Gasteiger partial charge in [-0.15, -0.1) is 0 Å². The van der Waals surface area contributed by atoms with E-state index in [1.54, 1.807) is 23.1 Å². The normalized spacial score (nSPS) is 14.3. The Hall–Kier alpha value is -2.80. The first-order chi connectivity index (χ1) is 13.9. The van der Waals surface area contributed by atoms with Gasteiger partial charge in [-0.3, -0.25) is 9.59 Å². The molecule has 0 bridgehead atoms. The summed E-state index contributed by atoms with van der Waals surface area (Å²) in [6.45, 7) is 1.51. The number of halogens is 2. The highest BCUT2D eigenvalue weighted by Gasteiger charge is 2.26. The van der Waals surface area contributed by atoms with Crippen LogP contribution in [0.25, 0.3) is 0 Å². The van der Waals surface area contributed by atoms with E-state index in [1.165, 1.54) is 37.3 Å². The first-order valence-electron chi connectivity index (χ1n) is 9.20. The average molecular weight is 421 g/mol. The number of carbonyl (C=O) groups is 2. The predicted octanol–water partition coefficient (Wildman–Crippen LogP) is 3.48. The van der Waals surface area contributed by atoms with Crippen molar-refractivity contribution in [1.29, 1.82) is 0 Å². The Morgan fingerprint density at radius 1 is 0.931 bits per heavy atom. The van der Waals surface area contributed by atoms with Crippen molar-refractivity contribution in [2.75, 3.05) is 40.4 Å². The number of amides is 2. The fourth-order valence-electron chi connectivity index (χ4n) is 3.30. The van der Waals surface area contributed by atoms with Crippen molar-refractivity contribution in [2.45, 2.75) is 6.42 Å². The van der Waals surface area contributed by atoms with Gasteiger partial charge in [-0.2, -0.15) is 0 Å². The van der Waals surface area contributed by atoms with Crippen LogP contribution in [0.4, 0.5) is 4.39 Å². The second-order valence-corrected chi connectivity index (χ2v) is 7.04. The van der Waals surface area contributed by atoms with Gasteiger partial charge in [0.15, 0.2) is 0 Å². The fourth-order valence-corrected chi connectivity index (χ4v) is 3.54. The Bertz CT molecular complexity index is 879. The van der Waals surface area contributed by atoms with E-state index < -0.39 is 11.7 Å². The van der Waals surface area contributed by atoms with E-state index >= 15 is 0 Å².